The van der Waals surface area contributed by atoms with Gasteiger partial charge in [-0.05, 0) is 269 Å². The van der Waals surface area contributed by atoms with E-state index in [-0.39, 0.29) is 36.0 Å². The highest BCUT2D eigenvalue weighted by Gasteiger charge is 2.66. The van der Waals surface area contributed by atoms with Gasteiger partial charge < -0.3 is 23.7 Å². The fraction of sp³-hybridized carbons (Fsp3) is 0.695. The molecule has 510 valence electrons. The Labute approximate surface area is 557 Å². The van der Waals surface area contributed by atoms with E-state index in [2.05, 4.69) is 88.4 Å². The minimum Gasteiger partial charge on any atom is -0.462 e. The zero-order valence-electron chi connectivity index (χ0n) is 60.3. The lowest BCUT2D eigenvalue weighted by Crippen LogP contribution is -2.48. The Kier molecular flexibility index (Phi) is 25.4. The molecule has 6 unspecified atom stereocenters. The summed E-state index contributed by atoms with van der Waals surface area (Å²) in [5.41, 5.74) is 5.64. The average Bonchev–Trinajstić information content (AvgIpc) is 1.54. The second kappa shape index (κ2) is 31.5. The summed E-state index contributed by atoms with van der Waals surface area (Å²) in [5, 5.41) is 0. The molecule has 3 aromatic carbocycles. The summed E-state index contributed by atoms with van der Waals surface area (Å²) in [5.74, 6) is 1.82. The molecule has 6 fully saturated rings. The lowest BCUT2D eigenvalue weighted by Gasteiger charge is -2.45. The van der Waals surface area contributed by atoms with E-state index in [1.165, 1.54) is 59.9 Å². The van der Waals surface area contributed by atoms with Crippen molar-refractivity contribution in [3.63, 3.8) is 0 Å². The Morgan fingerprint density at radius 2 is 0.837 bits per heavy atom. The second-order valence-electron chi connectivity index (χ2n) is 31.5. The minimum atomic E-state index is -0.448. The summed E-state index contributed by atoms with van der Waals surface area (Å²) < 4.78 is 30.7. The second-order valence-corrected chi connectivity index (χ2v) is 31.5. The quantitative estimate of drug-likeness (QED) is 0.0649. The Morgan fingerprint density at radius 3 is 1.22 bits per heavy atom. The molecule has 2 bridgehead atoms. The zero-order chi connectivity index (χ0) is 67.3. The molecule has 0 radical (unpaired) electrons. The number of carbonyl (C=O) groups excluding carboxylic acids is 5. The predicted octanol–water partition coefficient (Wildman–Crippen LogP) is 20.9. The van der Waals surface area contributed by atoms with Crippen LogP contribution in [0.25, 0.3) is 0 Å². The van der Waals surface area contributed by atoms with E-state index in [1.807, 2.05) is 101 Å². The van der Waals surface area contributed by atoms with Gasteiger partial charge in [-0.25, -0.2) is 0 Å². The standard InChI is InChI=1S/C25H38O4.C20H30O2.C19H28O2.C18H26O2/c1-6-22(26)28-17-12-18-16-11-21(19(18)13-17)25(14-16,20-10-8-9-15(20)3)29-23(27)24(4,5)7-2;1-5-16-10-12-17(13-11-16)20(14-8-7-9-15-20)22-18(21)19(3,4)6-2;1-5-18(3,4)17(20)21-19(13-7-6-8-14-19)16-11-9-15(2)10-12-16;1-4-17(2,3)16(19)20-18(13-9-6-10-14-18)15-11-7-5-8-12-15/h16-19,21H,6-14H2,1-5H3;10-13H,5-9,14-15H2,1-4H3;9-12H,5-8,13-14H2,1-4H3;5,7-8,11-12H,4,6,9-10,13-14H2,1-3H3. The summed E-state index contributed by atoms with van der Waals surface area (Å²) in [7, 11) is 0. The molecule has 6 atom stereocenters. The molecule has 0 N–H and O–H groups in total. The SMILES string of the molecule is CCC(=O)OC1CC2C3CC(C2C1)C(OC(=O)C(C)(C)CC)(C1=C(C)CCC1)C3.CCC(C)(C)C(=O)OC1(c2ccc(C)cc2)CCCCC1.CCC(C)(C)C(=O)OC1(c2ccccc2)CCCCC1.CCc1ccc(C2(OC(=O)C(C)(C)CC)CCCCC2)cc1. The van der Waals surface area contributed by atoms with Crippen LogP contribution in [0.4, 0.5) is 0 Å². The highest BCUT2D eigenvalue weighted by Crippen LogP contribution is 2.67. The van der Waals surface area contributed by atoms with E-state index in [9.17, 15) is 24.0 Å². The van der Waals surface area contributed by atoms with Gasteiger partial charge in [0.15, 0.2) is 0 Å². The third kappa shape index (κ3) is 17.2. The van der Waals surface area contributed by atoms with Gasteiger partial charge in [0.2, 0.25) is 0 Å². The van der Waals surface area contributed by atoms with E-state index in [1.54, 1.807) is 0 Å². The van der Waals surface area contributed by atoms with Crippen molar-refractivity contribution < 1.29 is 47.7 Å². The van der Waals surface area contributed by atoms with Gasteiger partial charge >= 0.3 is 29.8 Å². The number of ether oxygens (including phenoxy) is 5. The van der Waals surface area contributed by atoms with Crippen LogP contribution in [0, 0.1) is 52.3 Å². The third-order valence-corrected chi connectivity index (χ3v) is 23.7. The van der Waals surface area contributed by atoms with Crippen LogP contribution in [-0.2, 0) is 70.9 Å². The van der Waals surface area contributed by atoms with Crippen LogP contribution >= 0.6 is 0 Å². The predicted molar refractivity (Wildman–Crippen MR) is 370 cm³/mol. The summed E-state index contributed by atoms with van der Waals surface area (Å²) in [6.45, 7) is 32.4. The van der Waals surface area contributed by atoms with E-state index < -0.39 is 44.1 Å². The first kappa shape index (κ1) is 74.1. The van der Waals surface area contributed by atoms with E-state index in [0.717, 1.165) is 152 Å². The Hall–Kier alpha value is -5.25. The fourth-order valence-corrected chi connectivity index (χ4v) is 15.6. The number of aryl methyl sites for hydroxylation is 2. The molecule has 92 heavy (non-hydrogen) atoms. The molecule has 0 aliphatic heterocycles. The van der Waals surface area contributed by atoms with E-state index in [4.69, 9.17) is 23.7 Å². The molecule has 0 aromatic heterocycles. The van der Waals surface area contributed by atoms with Crippen molar-refractivity contribution in [1.29, 1.82) is 0 Å². The normalized spacial score (nSPS) is 24.6. The Bertz CT molecular complexity index is 2930. The van der Waals surface area contributed by atoms with Gasteiger partial charge in [0.05, 0.1) is 21.7 Å². The maximum Gasteiger partial charge on any atom is 0.312 e. The third-order valence-electron chi connectivity index (χ3n) is 23.7. The zero-order valence-corrected chi connectivity index (χ0v) is 60.3. The Morgan fingerprint density at radius 1 is 0.446 bits per heavy atom. The maximum atomic E-state index is 13.2. The Balaban J connectivity index is 0.000000176. The van der Waals surface area contributed by atoms with Crippen LogP contribution in [0.15, 0.2) is 90.0 Å². The number of benzene rings is 3. The summed E-state index contributed by atoms with van der Waals surface area (Å²) in [6.07, 6.45) is 28.4. The van der Waals surface area contributed by atoms with Crippen LogP contribution in [0.1, 0.15) is 305 Å². The molecular weight excluding hydrogens is 1140 g/mol. The first-order valence-electron chi connectivity index (χ1n) is 36.6. The van der Waals surface area contributed by atoms with Crippen molar-refractivity contribution in [3.8, 4) is 0 Å². The molecule has 0 saturated heterocycles. The fourth-order valence-electron chi connectivity index (χ4n) is 15.6. The van der Waals surface area contributed by atoms with Gasteiger partial charge in [-0.2, -0.15) is 0 Å². The van der Waals surface area contributed by atoms with Crippen molar-refractivity contribution in [1.82, 2.24) is 0 Å². The van der Waals surface area contributed by atoms with Gasteiger partial charge in [-0.15, -0.1) is 0 Å². The van der Waals surface area contributed by atoms with Crippen molar-refractivity contribution >= 4 is 29.8 Å². The van der Waals surface area contributed by atoms with Crippen molar-refractivity contribution in [2.45, 2.75) is 319 Å². The van der Waals surface area contributed by atoms with Crippen molar-refractivity contribution in [2.75, 3.05) is 0 Å². The first-order valence-corrected chi connectivity index (χ1v) is 36.6. The summed E-state index contributed by atoms with van der Waals surface area (Å²) >= 11 is 0. The van der Waals surface area contributed by atoms with Gasteiger partial charge in [-0.1, -0.05) is 151 Å². The molecule has 10 nitrogen and oxygen atoms in total. The molecule has 10 rings (SSSR count). The number of rotatable bonds is 19. The molecule has 0 heterocycles. The number of allylic oxidation sites excluding steroid dienone is 1. The van der Waals surface area contributed by atoms with Crippen LogP contribution < -0.4 is 0 Å². The van der Waals surface area contributed by atoms with Crippen molar-refractivity contribution in [3.05, 3.63) is 118 Å². The van der Waals surface area contributed by atoms with Gasteiger partial charge in [-0.3, -0.25) is 24.0 Å². The molecule has 6 saturated carbocycles. The molecule has 0 spiro atoms. The molecular formula is C82H122O10. The molecule has 7 aliphatic carbocycles. The molecule has 10 heteroatoms. The molecule has 0 amide bonds. The number of hydrogen-bond donors (Lipinski definition) is 0. The number of hydrogen-bond acceptors (Lipinski definition) is 10. The van der Waals surface area contributed by atoms with E-state index >= 15 is 0 Å². The highest BCUT2D eigenvalue weighted by molar-refractivity contribution is 5.78. The van der Waals surface area contributed by atoms with Crippen LogP contribution in [0.3, 0.4) is 0 Å². The number of carbonyl (C=O) groups is 5. The molecule has 3 aromatic rings. The molecule has 7 aliphatic rings. The summed E-state index contributed by atoms with van der Waals surface area (Å²) in [6, 6.07) is 27.4. The largest absolute Gasteiger partial charge is 0.462 e. The maximum absolute atomic E-state index is 13.2. The van der Waals surface area contributed by atoms with Crippen LogP contribution in [-0.4, -0.2) is 41.6 Å². The minimum absolute atomic E-state index is 0.0387. The lowest BCUT2D eigenvalue weighted by atomic mass is 9.68. The topological polar surface area (TPSA) is 132 Å². The highest BCUT2D eigenvalue weighted by atomic mass is 16.6. The monoisotopic (exact) mass is 1270 g/mol. The van der Waals surface area contributed by atoms with Gasteiger partial charge in [0, 0.05) is 12.3 Å². The lowest BCUT2D eigenvalue weighted by molar-refractivity contribution is -0.177. The van der Waals surface area contributed by atoms with Crippen LogP contribution in [0.5, 0.6) is 0 Å². The van der Waals surface area contributed by atoms with Gasteiger partial charge in [0.1, 0.15) is 28.5 Å². The first-order chi connectivity index (χ1) is 43.5. The van der Waals surface area contributed by atoms with Crippen molar-refractivity contribution in [2.24, 2.45) is 45.3 Å². The average molecular weight is 1270 g/mol. The number of fused-ring (bicyclic) bond motifs is 5. The van der Waals surface area contributed by atoms with Crippen LogP contribution in [0.2, 0.25) is 0 Å². The number of esters is 5. The van der Waals surface area contributed by atoms with Gasteiger partial charge in [0.25, 0.3) is 0 Å². The van der Waals surface area contributed by atoms with E-state index in [0.29, 0.717) is 30.1 Å². The summed E-state index contributed by atoms with van der Waals surface area (Å²) in [4.78, 5) is 62.8. The smallest absolute Gasteiger partial charge is 0.312 e.